The molecule has 1 aliphatic rings. The van der Waals surface area contributed by atoms with E-state index in [0.717, 1.165) is 54.5 Å². The van der Waals surface area contributed by atoms with Gasteiger partial charge < -0.3 is 21.8 Å². The van der Waals surface area contributed by atoms with Gasteiger partial charge in [-0.15, -0.1) is 0 Å². The normalized spacial score (nSPS) is 14.8. The Morgan fingerprint density at radius 2 is 1.73 bits per heavy atom. The van der Waals surface area contributed by atoms with Crippen LogP contribution in [0.2, 0.25) is 0 Å². The van der Waals surface area contributed by atoms with Crippen molar-refractivity contribution in [1.82, 2.24) is 14.7 Å². The zero-order valence-electron chi connectivity index (χ0n) is 20.1. The molecule has 0 radical (unpaired) electrons. The number of aromatic amines is 1. The lowest BCUT2D eigenvalue weighted by atomic mass is 9.94. The molecule has 1 unspecified atom stereocenters. The molecule has 9 nitrogen and oxygen atoms in total. The van der Waals surface area contributed by atoms with Crippen molar-refractivity contribution < 1.29 is 14.4 Å². The molecule has 3 amide bonds. The standard InChI is InChI=1S/C27H28N6O3S/c28-21-22(25(29)34)32-37-24(21)27(36)33(17-11-5-2-6-12-17)23(26(35)31-16-9-3-1-4-10-16)19-15-30-20-14-8-7-13-18(19)20/h2,5-8,11-16,23,30H,1,3-4,9-10,28H2,(H2,29,34)(H,31,35). The quantitative estimate of drug-likeness (QED) is 0.291. The number of para-hydroxylation sites is 2. The number of primary amides is 1. The minimum atomic E-state index is -1.01. The number of carbonyl (C=O) groups excluding carboxylic acids is 3. The minimum absolute atomic E-state index is 0.0385. The highest BCUT2D eigenvalue weighted by atomic mass is 32.1. The largest absolute Gasteiger partial charge is 0.395 e. The third-order valence-electron chi connectivity index (χ3n) is 6.78. The van der Waals surface area contributed by atoms with Crippen LogP contribution in [0.5, 0.6) is 0 Å². The van der Waals surface area contributed by atoms with Crippen molar-refractivity contribution in [2.24, 2.45) is 5.73 Å². The van der Waals surface area contributed by atoms with E-state index in [0.29, 0.717) is 11.3 Å². The summed E-state index contributed by atoms with van der Waals surface area (Å²) in [7, 11) is 0. The average molecular weight is 517 g/mol. The van der Waals surface area contributed by atoms with E-state index < -0.39 is 17.9 Å². The van der Waals surface area contributed by atoms with E-state index in [2.05, 4.69) is 14.7 Å². The molecule has 190 valence electrons. The number of rotatable bonds is 7. The van der Waals surface area contributed by atoms with Crippen molar-refractivity contribution in [3.8, 4) is 0 Å². The third-order valence-corrected chi connectivity index (χ3v) is 7.63. The van der Waals surface area contributed by atoms with Crippen molar-refractivity contribution in [2.75, 3.05) is 10.6 Å². The maximum absolute atomic E-state index is 14.1. The number of nitrogens with two attached hydrogens (primary N) is 2. The zero-order valence-corrected chi connectivity index (χ0v) is 21.0. The molecule has 6 N–H and O–H groups in total. The van der Waals surface area contributed by atoms with Crippen LogP contribution < -0.4 is 21.7 Å². The number of hydrogen-bond acceptors (Lipinski definition) is 6. The lowest BCUT2D eigenvalue weighted by Crippen LogP contribution is -2.47. The van der Waals surface area contributed by atoms with Crippen molar-refractivity contribution in [3.05, 3.63) is 76.9 Å². The number of hydrogen-bond donors (Lipinski definition) is 4. The number of fused-ring (bicyclic) bond motifs is 1. The van der Waals surface area contributed by atoms with E-state index in [1.807, 2.05) is 30.3 Å². The van der Waals surface area contributed by atoms with Gasteiger partial charge in [-0.3, -0.25) is 19.3 Å². The lowest BCUT2D eigenvalue weighted by molar-refractivity contribution is -0.123. The number of carbonyl (C=O) groups is 3. The van der Waals surface area contributed by atoms with Crippen LogP contribution in [0.15, 0.2) is 60.8 Å². The second-order valence-corrected chi connectivity index (χ2v) is 9.96. The molecule has 0 spiro atoms. The van der Waals surface area contributed by atoms with Gasteiger partial charge in [-0.05, 0) is 42.6 Å². The maximum atomic E-state index is 14.1. The molecule has 1 saturated carbocycles. The molecule has 0 bridgehead atoms. The Hall–Kier alpha value is -4.18. The summed E-state index contributed by atoms with van der Waals surface area (Å²) < 4.78 is 4.01. The molecule has 10 heteroatoms. The molecule has 37 heavy (non-hydrogen) atoms. The van der Waals surface area contributed by atoms with Gasteiger partial charge in [-0.1, -0.05) is 55.7 Å². The predicted molar refractivity (Wildman–Crippen MR) is 144 cm³/mol. The molecular formula is C27H28N6O3S. The first kappa shape index (κ1) is 24.5. The Labute approximate surface area is 218 Å². The molecule has 1 aliphatic carbocycles. The average Bonchev–Trinajstić information content (AvgIpc) is 3.51. The summed E-state index contributed by atoms with van der Waals surface area (Å²) in [5.41, 5.74) is 13.3. The summed E-state index contributed by atoms with van der Waals surface area (Å²) in [5, 5.41) is 4.03. The molecule has 5 rings (SSSR count). The van der Waals surface area contributed by atoms with Crippen molar-refractivity contribution in [1.29, 1.82) is 0 Å². The number of H-pyrrole nitrogens is 1. The molecule has 0 aliphatic heterocycles. The summed E-state index contributed by atoms with van der Waals surface area (Å²) >= 11 is 0.795. The van der Waals surface area contributed by atoms with Gasteiger partial charge in [0.15, 0.2) is 5.69 Å². The fourth-order valence-electron chi connectivity index (χ4n) is 4.96. The van der Waals surface area contributed by atoms with Gasteiger partial charge in [0, 0.05) is 34.4 Å². The Balaban J connectivity index is 1.65. The molecular weight excluding hydrogens is 488 g/mol. The van der Waals surface area contributed by atoms with Crippen LogP contribution in [0.3, 0.4) is 0 Å². The summed E-state index contributed by atoms with van der Waals surface area (Å²) in [5.74, 6) is -1.64. The fourth-order valence-corrected chi connectivity index (χ4v) is 5.70. The maximum Gasteiger partial charge on any atom is 0.273 e. The van der Waals surface area contributed by atoms with Crippen LogP contribution in [-0.4, -0.2) is 33.1 Å². The Bertz CT molecular complexity index is 1440. The number of nitrogens with zero attached hydrogens (tertiary/aromatic N) is 2. The smallest absolute Gasteiger partial charge is 0.273 e. The van der Waals surface area contributed by atoms with Gasteiger partial charge >= 0.3 is 0 Å². The highest BCUT2D eigenvalue weighted by Crippen LogP contribution is 2.36. The second-order valence-electron chi connectivity index (χ2n) is 9.18. The monoisotopic (exact) mass is 516 g/mol. The van der Waals surface area contributed by atoms with Gasteiger partial charge in [-0.25, -0.2) is 0 Å². The van der Waals surface area contributed by atoms with Gasteiger partial charge in [0.1, 0.15) is 10.9 Å². The van der Waals surface area contributed by atoms with Crippen molar-refractivity contribution >= 4 is 51.5 Å². The van der Waals surface area contributed by atoms with E-state index in [1.165, 1.54) is 4.90 Å². The first-order valence-electron chi connectivity index (χ1n) is 12.3. The first-order valence-corrected chi connectivity index (χ1v) is 13.0. The topological polar surface area (TPSA) is 147 Å². The SMILES string of the molecule is NC(=O)c1nsc(C(=O)N(c2ccccc2)C(C(=O)NC2CCCCC2)c2c[nH]c3ccccc23)c1N. The molecule has 2 heterocycles. The third kappa shape index (κ3) is 4.79. The van der Waals surface area contributed by atoms with E-state index in [1.54, 1.807) is 30.5 Å². The number of nitrogen functional groups attached to an aromatic ring is 1. The van der Waals surface area contributed by atoms with E-state index >= 15 is 0 Å². The van der Waals surface area contributed by atoms with Crippen LogP contribution in [0, 0.1) is 0 Å². The van der Waals surface area contributed by atoms with E-state index in [9.17, 15) is 14.4 Å². The summed E-state index contributed by atoms with van der Waals surface area (Å²) in [6.07, 6.45) is 6.82. The summed E-state index contributed by atoms with van der Waals surface area (Å²) in [6.45, 7) is 0. The number of benzene rings is 2. The Morgan fingerprint density at radius 1 is 1.03 bits per heavy atom. The predicted octanol–water partition coefficient (Wildman–Crippen LogP) is 4.14. The van der Waals surface area contributed by atoms with Gasteiger partial charge in [0.05, 0.1) is 5.69 Å². The lowest BCUT2D eigenvalue weighted by Gasteiger charge is -2.33. The molecule has 4 aromatic rings. The highest BCUT2D eigenvalue weighted by molar-refractivity contribution is 7.09. The van der Waals surface area contributed by atoms with Crippen LogP contribution in [-0.2, 0) is 4.79 Å². The number of anilines is 2. The van der Waals surface area contributed by atoms with Crippen LogP contribution in [0.1, 0.15) is 63.9 Å². The highest BCUT2D eigenvalue weighted by Gasteiger charge is 2.38. The number of aromatic nitrogens is 2. The summed E-state index contributed by atoms with van der Waals surface area (Å²) in [4.78, 5) is 44.7. The fraction of sp³-hybridized carbons (Fsp3) is 0.259. The van der Waals surface area contributed by atoms with E-state index in [-0.39, 0.29) is 28.2 Å². The van der Waals surface area contributed by atoms with Gasteiger partial charge in [0.25, 0.3) is 11.8 Å². The molecule has 1 fully saturated rings. The van der Waals surface area contributed by atoms with Crippen LogP contribution in [0.4, 0.5) is 11.4 Å². The van der Waals surface area contributed by atoms with E-state index in [4.69, 9.17) is 11.5 Å². The van der Waals surface area contributed by atoms with Gasteiger partial charge in [0.2, 0.25) is 5.91 Å². The minimum Gasteiger partial charge on any atom is -0.395 e. The molecule has 2 aromatic heterocycles. The molecule has 1 atom stereocenters. The van der Waals surface area contributed by atoms with Crippen LogP contribution in [0.25, 0.3) is 10.9 Å². The number of nitrogens with one attached hydrogen (secondary N) is 2. The number of amides is 3. The van der Waals surface area contributed by atoms with Crippen molar-refractivity contribution in [2.45, 2.75) is 44.2 Å². The Morgan fingerprint density at radius 3 is 2.43 bits per heavy atom. The summed E-state index contributed by atoms with van der Waals surface area (Å²) in [6, 6.07) is 15.6. The molecule has 2 aromatic carbocycles. The van der Waals surface area contributed by atoms with Crippen LogP contribution >= 0.6 is 11.5 Å². The van der Waals surface area contributed by atoms with Crippen molar-refractivity contribution in [3.63, 3.8) is 0 Å². The van der Waals surface area contributed by atoms with Gasteiger partial charge in [-0.2, -0.15) is 4.37 Å². The first-order chi connectivity index (χ1) is 18.0. The zero-order chi connectivity index (χ0) is 25.9. The second kappa shape index (κ2) is 10.4. The molecule has 0 saturated heterocycles. The Kier molecular flexibility index (Phi) is 6.91.